The SMILES string of the molecule is CC1=CC=C(N)C(C)C1(C)C. The Bertz CT molecular complexity index is 221. The molecule has 0 saturated heterocycles. The fourth-order valence-electron chi connectivity index (χ4n) is 1.34. The van der Waals surface area contributed by atoms with E-state index in [-0.39, 0.29) is 5.41 Å². The lowest BCUT2D eigenvalue weighted by molar-refractivity contribution is 0.320. The number of allylic oxidation sites excluding steroid dienone is 4. The molecule has 1 rings (SSSR count). The minimum atomic E-state index is 0.235. The van der Waals surface area contributed by atoms with Crippen LogP contribution >= 0.6 is 0 Å². The van der Waals surface area contributed by atoms with Crippen LogP contribution in [-0.2, 0) is 0 Å². The average molecular weight is 151 g/mol. The van der Waals surface area contributed by atoms with Crippen molar-refractivity contribution in [3.05, 3.63) is 23.4 Å². The summed E-state index contributed by atoms with van der Waals surface area (Å²) < 4.78 is 0. The van der Waals surface area contributed by atoms with Crippen molar-refractivity contribution < 1.29 is 0 Å². The third-order valence-electron chi connectivity index (χ3n) is 3.12. The van der Waals surface area contributed by atoms with Gasteiger partial charge in [0.15, 0.2) is 0 Å². The molecule has 0 aliphatic heterocycles. The maximum atomic E-state index is 5.83. The minimum absolute atomic E-state index is 0.235. The van der Waals surface area contributed by atoms with Crippen LogP contribution in [0, 0.1) is 11.3 Å². The van der Waals surface area contributed by atoms with E-state index < -0.39 is 0 Å². The zero-order valence-corrected chi connectivity index (χ0v) is 7.81. The van der Waals surface area contributed by atoms with Gasteiger partial charge < -0.3 is 5.73 Å². The van der Waals surface area contributed by atoms with E-state index in [1.807, 2.05) is 6.08 Å². The van der Waals surface area contributed by atoms with E-state index in [9.17, 15) is 0 Å². The topological polar surface area (TPSA) is 26.0 Å². The molecular formula is C10H17N. The van der Waals surface area contributed by atoms with Crippen molar-refractivity contribution in [3.63, 3.8) is 0 Å². The summed E-state index contributed by atoms with van der Waals surface area (Å²) in [7, 11) is 0. The summed E-state index contributed by atoms with van der Waals surface area (Å²) in [6.07, 6.45) is 4.14. The zero-order chi connectivity index (χ0) is 8.65. The van der Waals surface area contributed by atoms with Crippen LogP contribution in [-0.4, -0.2) is 0 Å². The molecule has 0 spiro atoms. The van der Waals surface area contributed by atoms with Crippen LogP contribution in [0.2, 0.25) is 0 Å². The van der Waals surface area contributed by atoms with Crippen LogP contribution in [0.15, 0.2) is 23.4 Å². The van der Waals surface area contributed by atoms with Crippen molar-refractivity contribution in [2.75, 3.05) is 0 Å². The lowest BCUT2D eigenvalue weighted by atomic mass is 9.70. The Morgan fingerprint density at radius 3 is 2.36 bits per heavy atom. The molecular weight excluding hydrogens is 134 g/mol. The van der Waals surface area contributed by atoms with Gasteiger partial charge in [0, 0.05) is 11.6 Å². The Balaban J connectivity index is 3.03. The molecule has 0 aromatic carbocycles. The van der Waals surface area contributed by atoms with Crippen molar-refractivity contribution in [3.8, 4) is 0 Å². The van der Waals surface area contributed by atoms with E-state index in [4.69, 9.17) is 5.73 Å². The third kappa shape index (κ3) is 1.20. The molecule has 0 bridgehead atoms. The second kappa shape index (κ2) is 2.40. The number of hydrogen-bond acceptors (Lipinski definition) is 1. The van der Waals surface area contributed by atoms with E-state index in [1.54, 1.807) is 0 Å². The Labute approximate surface area is 69.0 Å². The molecule has 1 aliphatic carbocycles. The fourth-order valence-corrected chi connectivity index (χ4v) is 1.34. The molecule has 1 atom stereocenters. The molecule has 2 N–H and O–H groups in total. The van der Waals surface area contributed by atoms with Crippen molar-refractivity contribution >= 4 is 0 Å². The Morgan fingerprint density at radius 2 is 1.91 bits per heavy atom. The molecule has 0 radical (unpaired) electrons. The smallest absolute Gasteiger partial charge is 0.0118 e. The van der Waals surface area contributed by atoms with Gasteiger partial charge in [-0.1, -0.05) is 32.4 Å². The van der Waals surface area contributed by atoms with Gasteiger partial charge in [-0.3, -0.25) is 0 Å². The summed E-state index contributed by atoms with van der Waals surface area (Å²) in [5, 5.41) is 0. The van der Waals surface area contributed by atoms with E-state index >= 15 is 0 Å². The molecule has 1 aliphatic rings. The predicted octanol–water partition coefficient (Wildman–Crippen LogP) is 2.45. The average Bonchev–Trinajstić information content (AvgIpc) is 1.95. The van der Waals surface area contributed by atoms with Crippen molar-refractivity contribution in [2.24, 2.45) is 17.1 Å². The summed E-state index contributed by atoms with van der Waals surface area (Å²) in [5.41, 5.74) is 8.48. The number of hydrogen-bond donors (Lipinski definition) is 1. The standard InChI is InChI=1S/C10H17N/c1-7-5-6-9(11)8(2)10(7,3)4/h5-6,8H,11H2,1-4H3. The molecule has 1 nitrogen and oxygen atoms in total. The van der Waals surface area contributed by atoms with E-state index in [0.717, 1.165) is 5.70 Å². The molecule has 1 unspecified atom stereocenters. The summed E-state index contributed by atoms with van der Waals surface area (Å²) in [4.78, 5) is 0. The van der Waals surface area contributed by atoms with Gasteiger partial charge in [-0.25, -0.2) is 0 Å². The Kier molecular flexibility index (Phi) is 1.83. The van der Waals surface area contributed by atoms with Gasteiger partial charge in [0.1, 0.15) is 0 Å². The molecule has 0 heterocycles. The Morgan fingerprint density at radius 1 is 1.36 bits per heavy atom. The monoisotopic (exact) mass is 151 g/mol. The first-order valence-electron chi connectivity index (χ1n) is 4.10. The van der Waals surface area contributed by atoms with Gasteiger partial charge >= 0.3 is 0 Å². The highest BCUT2D eigenvalue weighted by molar-refractivity contribution is 5.29. The van der Waals surface area contributed by atoms with Crippen LogP contribution in [0.1, 0.15) is 27.7 Å². The first-order chi connectivity index (χ1) is 4.96. The van der Waals surface area contributed by atoms with Gasteiger partial charge in [-0.05, 0) is 18.4 Å². The predicted molar refractivity (Wildman–Crippen MR) is 49.0 cm³/mol. The molecule has 0 saturated carbocycles. The molecule has 0 fully saturated rings. The minimum Gasteiger partial charge on any atom is -0.402 e. The van der Waals surface area contributed by atoms with Crippen LogP contribution in [0.25, 0.3) is 0 Å². The van der Waals surface area contributed by atoms with Crippen molar-refractivity contribution in [1.82, 2.24) is 0 Å². The van der Waals surface area contributed by atoms with Gasteiger partial charge in [0.2, 0.25) is 0 Å². The van der Waals surface area contributed by atoms with E-state index in [0.29, 0.717) is 5.92 Å². The normalized spacial score (nSPS) is 29.3. The highest BCUT2D eigenvalue weighted by Gasteiger charge is 2.30. The highest BCUT2D eigenvalue weighted by Crippen LogP contribution is 2.39. The molecule has 0 aromatic rings. The molecule has 11 heavy (non-hydrogen) atoms. The largest absolute Gasteiger partial charge is 0.402 e. The van der Waals surface area contributed by atoms with Crippen LogP contribution in [0.5, 0.6) is 0 Å². The summed E-state index contributed by atoms with van der Waals surface area (Å²) in [6, 6.07) is 0. The van der Waals surface area contributed by atoms with Crippen LogP contribution in [0.3, 0.4) is 0 Å². The zero-order valence-electron chi connectivity index (χ0n) is 7.81. The molecule has 0 amide bonds. The first-order valence-corrected chi connectivity index (χ1v) is 4.10. The lowest BCUT2D eigenvalue weighted by Gasteiger charge is -2.35. The van der Waals surface area contributed by atoms with Gasteiger partial charge in [-0.15, -0.1) is 0 Å². The lowest BCUT2D eigenvalue weighted by Crippen LogP contribution is -2.29. The number of rotatable bonds is 0. The third-order valence-corrected chi connectivity index (χ3v) is 3.12. The van der Waals surface area contributed by atoms with Gasteiger partial charge in [0.25, 0.3) is 0 Å². The second-order valence-electron chi connectivity index (χ2n) is 3.96. The maximum Gasteiger partial charge on any atom is 0.0118 e. The quantitative estimate of drug-likeness (QED) is 0.565. The summed E-state index contributed by atoms with van der Waals surface area (Å²) >= 11 is 0. The fraction of sp³-hybridized carbons (Fsp3) is 0.600. The van der Waals surface area contributed by atoms with Crippen LogP contribution < -0.4 is 5.73 Å². The number of nitrogens with two attached hydrogens (primary N) is 1. The van der Waals surface area contributed by atoms with Crippen molar-refractivity contribution in [2.45, 2.75) is 27.7 Å². The Hall–Kier alpha value is -0.720. The molecule has 62 valence electrons. The maximum absolute atomic E-state index is 5.83. The molecule has 0 aromatic heterocycles. The van der Waals surface area contributed by atoms with Crippen molar-refractivity contribution in [1.29, 1.82) is 0 Å². The van der Waals surface area contributed by atoms with E-state index in [1.165, 1.54) is 5.57 Å². The first kappa shape index (κ1) is 8.38. The summed E-state index contributed by atoms with van der Waals surface area (Å²) in [5.74, 6) is 0.465. The van der Waals surface area contributed by atoms with Crippen LogP contribution in [0.4, 0.5) is 0 Å². The second-order valence-corrected chi connectivity index (χ2v) is 3.96. The highest BCUT2D eigenvalue weighted by atomic mass is 14.6. The van der Waals surface area contributed by atoms with Gasteiger partial charge in [0.05, 0.1) is 0 Å². The molecule has 1 heteroatoms. The summed E-state index contributed by atoms with van der Waals surface area (Å²) in [6.45, 7) is 8.83. The van der Waals surface area contributed by atoms with Gasteiger partial charge in [-0.2, -0.15) is 0 Å². The van der Waals surface area contributed by atoms with E-state index in [2.05, 4.69) is 33.8 Å².